The highest BCUT2D eigenvalue weighted by molar-refractivity contribution is 9.10. The van der Waals surface area contributed by atoms with Gasteiger partial charge in [-0.1, -0.05) is 6.92 Å². The summed E-state index contributed by atoms with van der Waals surface area (Å²) in [5.74, 6) is 0.452. The van der Waals surface area contributed by atoms with Gasteiger partial charge in [0.2, 0.25) is 0 Å². The molecule has 1 saturated heterocycles. The molecule has 2 heterocycles. The van der Waals surface area contributed by atoms with Crippen molar-refractivity contribution in [2.24, 2.45) is 11.7 Å². The van der Waals surface area contributed by atoms with Gasteiger partial charge in [-0.3, -0.25) is 4.79 Å². The molecule has 0 aliphatic carbocycles. The molecule has 0 saturated carbocycles. The standard InChI is InChI=1S/C13H18BrN3O/c1-9-3-2-6-17(12(9)7-15)13(18)11-5-4-10(14)8-16-11/h4-5,8-9,12H,2-3,6-7,15H2,1H3. The molecule has 5 heteroatoms. The lowest BCUT2D eigenvalue weighted by Crippen LogP contribution is -2.51. The van der Waals surface area contributed by atoms with Crippen LogP contribution in [0.1, 0.15) is 30.3 Å². The van der Waals surface area contributed by atoms with E-state index in [2.05, 4.69) is 27.8 Å². The fourth-order valence-electron chi connectivity index (χ4n) is 2.51. The largest absolute Gasteiger partial charge is 0.333 e. The number of pyridine rings is 1. The first-order valence-corrected chi connectivity index (χ1v) is 7.05. The van der Waals surface area contributed by atoms with Crippen molar-refractivity contribution in [3.8, 4) is 0 Å². The molecule has 0 aromatic carbocycles. The molecule has 2 atom stereocenters. The normalized spacial score (nSPS) is 24.1. The minimum absolute atomic E-state index is 0.00972. The van der Waals surface area contributed by atoms with Gasteiger partial charge < -0.3 is 10.6 Å². The van der Waals surface area contributed by atoms with E-state index in [4.69, 9.17) is 5.73 Å². The summed E-state index contributed by atoms with van der Waals surface area (Å²) < 4.78 is 0.876. The average molecular weight is 312 g/mol. The first kappa shape index (κ1) is 13.5. The predicted octanol–water partition coefficient (Wildman–Crippen LogP) is 2.04. The summed E-state index contributed by atoms with van der Waals surface area (Å²) >= 11 is 3.32. The number of nitrogens with zero attached hydrogens (tertiary/aromatic N) is 2. The number of nitrogens with two attached hydrogens (primary N) is 1. The summed E-state index contributed by atoms with van der Waals surface area (Å²) in [4.78, 5) is 18.5. The molecule has 4 nitrogen and oxygen atoms in total. The van der Waals surface area contributed by atoms with E-state index in [1.54, 1.807) is 12.3 Å². The van der Waals surface area contributed by atoms with E-state index < -0.39 is 0 Å². The zero-order valence-corrected chi connectivity index (χ0v) is 12.1. The molecule has 1 aromatic rings. The van der Waals surface area contributed by atoms with Gasteiger partial charge in [0.15, 0.2) is 0 Å². The average Bonchev–Trinajstić information content (AvgIpc) is 2.38. The fourth-order valence-corrected chi connectivity index (χ4v) is 2.74. The molecular weight excluding hydrogens is 294 g/mol. The Morgan fingerprint density at radius 2 is 2.39 bits per heavy atom. The lowest BCUT2D eigenvalue weighted by Gasteiger charge is -2.39. The van der Waals surface area contributed by atoms with Crippen LogP contribution in [0.4, 0.5) is 0 Å². The number of likely N-dealkylation sites (tertiary alicyclic amines) is 1. The van der Waals surface area contributed by atoms with E-state index in [1.165, 1.54) is 0 Å². The Labute approximate surface area is 116 Å². The Bertz CT molecular complexity index is 421. The molecule has 2 unspecified atom stereocenters. The molecule has 1 fully saturated rings. The number of aromatic nitrogens is 1. The van der Waals surface area contributed by atoms with Crippen LogP contribution in [0.25, 0.3) is 0 Å². The maximum absolute atomic E-state index is 12.4. The molecule has 1 aromatic heterocycles. The molecule has 0 spiro atoms. The molecule has 2 rings (SSSR count). The minimum Gasteiger partial charge on any atom is -0.333 e. The van der Waals surface area contributed by atoms with E-state index in [0.29, 0.717) is 18.2 Å². The van der Waals surface area contributed by atoms with Crippen molar-refractivity contribution in [3.63, 3.8) is 0 Å². The molecule has 98 valence electrons. The van der Waals surface area contributed by atoms with Gasteiger partial charge >= 0.3 is 0 Å². The van der Waals surface area contributed by atoms with Crippen molar-refractivity contribution in [1.29, 1.82) is 0 Å². The Balaban J connectivity index is 2.18. The van der Waals surface area contributed by atoms with E-state index in [0.717, 1.165) is 23.9 Å². The number of hydrogen-bond donors (Lipinski definition) is 1. The van der Waals surface area contributed by atoms with Crippen LogP contribution in [-0.4, -0.2) is 34.9 Å². The Hall–Kier alpha value is -0.940. The first-order valence-electron chi connectivity index (χ1n) is 6.26. The van der Waals surface area contributed by atoms with Crippen LogP contribution in [0.3, 0.4) is 0 Å². The smallest absolute Gasteiger partial charge is 0.272 e. The highest BCUT2D eigenvalue weighted by Gasteiger charge is 2.31. The van der Waals surface area contributed by atoms with E-state index in [9.17, 15) is 4.79 Å². The molecule has 1 aliphatic heterocycles. The summed E-state index contributed by atoms with van der Waals surface area (Å²) in [6.45, 7) is 3.46. The zero-order valence-electron chi connectivity index (χ0n) is 10.5. The van der Waals surface area contributed by atoms with Gasteiger partial charge in [0, 0.05) is 29.8 Å². The van der Waals surface area contributed by atoms with Crippen LogP contribution >= 0.6 is 15.9 Å². The molecule has 1 aliphatic rings. The topological polar surface area (TPSA) is 59.2 Å². The van der Waals surface area contributed by atoms with Gasteiger partial charge in [-0.25, -0.2) is 4.98 Å². The number of halogens is 1. The van der Waals surface area contributed by atoms with Crippen molar-refractivity contribution >= 4 is 21.8 Å². The van der Waals surface area contributed by atoms with Gasteiger partial charge in [-0.15, -0.1) is 0 Å². The van der Waals surface area contributed by atoms with Crippen LogP contribution in [-0.2, 0) is 0 Å². The molecule has 1 amide bonds. The second-order valence-corrected chi connectivity index (χ2v) is 5.70. The van der Waals surface area contributed by atoms with E-state index in [-0.39, 0.29) is 11.9 Å². The van der Waals surface area contributed by atoms with Crippen molar-refractivity contribution in [1.82, 2.24) is 9.88 Å². The molecule has 2 N–H and O–H groups in total. The maximum Gasteiger partial charge on any atom is 0.272 e. The van der Waals surface area contributed by atoms with Gasteiger partial charge in [-0.2, -0.15) is 0 Å². The van der Waals surface area contributed by atoms with Crippen LogP contribution in [0.2, 0.25) is 0 Å². The van der Waals surface area contributed by atoms with Crippen LogP contribution in [0, 0.1) is 5.92 Å². The summed E-state index contributed by atoms with van der Waals surface area (Å²) in [6, 6.07) is 3.72. The van der Waals surface area contributed by atoms with E-state index >= 15 is 0 Å². The minimum atomic E-state index is -0.00972. The highest BCUT2D eigenvalue weighted by Crippen LogP contribution is 2.24. The van der Waals surface area contributed by atoms with Crippen molar-refractivity contribution in [2.75, 3.05) is 13.1 Å². The molecule has 0 radical (unpaired) electrons. The SMILES string of the molecule is CC1CCCN(C(=O)c2ccc(Br)cn2)C1CN. The monoisotopic (exact) mass is 311 g/mol. The third-order valence-electron chi connectivity index (χ3n) is 3.56. The van der Waals surface area contributed by atoms with Gasteiger partial charge in [0.25, 0.3) is 5.91 Å². The summed E-state index contributed by atoms with van der Waals surface area (Å²) in [5, 5.41) is 0. The summed E-state index contributed by atoms with van der Waals surface area (Å²) in [7, 11) is 0. The lowest BCUT2D eigenvalue weighted by atomic mass is 9.90. The fraction of sp³-hybridized carbons (Fsp3) is 0.538. The number of amides is 1. The van der Waals surface area contributed by atoms with Crippen LogP contribution < -0.4 is 5.73 Å². The molecule has 18 heavy (non-hydrogen) atoms. The Morgan fingerprint density at radius 1 is 1.61 bits per heavy atom. The van der Waals surface area contributed by atoms with Gasteiger partial charge in [-0.05, 0) is 46.8 Å². The third kappa shape index (κ3) is 2.72. The van der Waals surface area contributed by atoms with Crippen molar-refractivity contribution < 1.29 is 4.79 Å². The predicted molar refractivity (Wildman–Crippen MR) is 74.2 cm³/mol. The third-order valence-corrected chi connectivity index (χ3v) is 4.03. The molecular formula is C13H18BrN3O. The van der Waals surface area contributed by atoms with Gasteiger partial charge in [0.05, 0.1) is 0 Å². The van der Waals surface area contributed by atoms with Gasteiger partial charge in [0.1, 0.15) is 5.69 Å². The summed E-state index contributed by atoms with van der Waals surface area (Å²) in [5.41, 5.74) is 6.29. The number of hydrogen-bond acceptors (Lipinski definition) is 3. The first-order chi connectivity index (χ1) is 8.63. The number of rotatable bonds is 2. The zero-order chi connectivity index (χ0) is 13.1. The van der Waals surface area contributed by atoms with Crippen molar-refractivity contribution in [3.05, 3.63) is 28.5 Å². The Kier molecular flexibility index (Phi) is 4.35. The second-order valence-electron chi connectivity index (χ2n) is 4.78. The summed E-state index contributed by atoms with van der Waals surface area (Å²) in [6.07, 6.45) is 3.83. The van der Waals surface area contributed by atoms with Crippen molar-refractivity contribution in [2.45, 2.75) is 25.8 Å². The highest BCUT2D eigenvalue weighted by atomic mass is 79.9. The lowest BCUT2D eigenvalue weighted by molar-refractivity contribution is 0.0526. The Morgan fingerprint density at radius 3 is 3.00 bits per heavy atom. The second kappa shape index (κ2) is 5.80. The number of carbonyl (C=O) groups excluding carboxylic acids is 1. The number of carbonyl (C=O) groups is 1. The number of piperidine rings is 1. The maximum atomic E-state index is 12.4. The molecule has 0 bridgehead atoms. The quantitative estimate of drug-likeness (QED) is 0.909. The van der Waals surface area contributed by atoms with Crippen LogP contribution in [0.15, 0.2) is 22.8 Å². The van der Waals surface area contributed by atoms with E-state index in [1.807, 2.05) is 11.0 Å². The van der Waals surface area contributed by atoms with Crippen LogP contribution in [0.5, 0.6) is 0 Å².